The fourth-order valence-electron chi connectivity index (χ4n) is 2.21. The van der Waals surface area contributed by atoms with Gasteiger partial charge in [-0.3, -0.25) is 9.59 Å². The predicted molar refractivity (Wildman–Crippen MR) is 83.0 cm³/mol. The Hall–Kier alpha value is -2.47. The first-order chi connectivity index (χ1) is 10.8. The van der Waals surface area contributed by atoms with Crippen LogP contribution in [0.5, 0.6) is 11.5 Å². The number of methoxy groups -OCH3 is 1. The SMILES string of the molecule is COC(=O)C[C@@H](c1ccc(O)c(Cl)c1)c1oc(C)cc(=O)c1O. The molecule has 23 heavy (non-hydrogen) atoms. The van der Waals surface area contributed by atoms with Gasteiger partial charge in [0.25, 0.3) is 0 Å². The molecule has 1 aromatic heterocycles. The van der Waals surface area contributed by atoms with E-state index >= 15 is 0 Å². The normalized spacial score (nSPS) is 12.0. The molecular weight excluding hydrogens is 324 g/mol. The molecule has 0 aliphatic carbocycles. The average molecular weight is 339 g/mol. The molecule has 7 heteroatoms. The predicted octanol–water partition coefficient (Wildman–Crippen LogP) is 2.71. The number of carbonyl (C=O) groups is 1. The number of ether oxygens (including phenoxy) is 1. The third kappa shape index (κ3) is 3.65. The molecule has 122 valence electrons. The zero-order chi connectivity index (χ0) is 17.1. The van der Waals surface area contributed by atoms with Crippen molar-refractivity contribution in [2.24, 2.45) is 0 Å². The molecule has 1 atom stereocenters. The molecule has 2 N–H and O–H groups in total. The van der Waals surface area contributed by atoms with Crippen LogP contribution >= 0.6 is 11.6 Å². The highest BCUT2D eigenvalue weighted by Gasteiger charge is 2.26. The van der Waals surface area contributed by atoms with Crippen LogP contribution in [0.3, 0.4) is 0 Å². The van der Waals surface area contributed by atoms with Gasteiger partial charge in [0.05, 0.1) is 24.5 Å². The Morgan fingerprint density at radius 2 is 2.04 bits per heavy atom. The van der Waals surface area contributed by atoms with Crippen LogP contribution in [0.15, 0.2) is 33.5 Å². The van der Waals surface area contributed by atoms with E-state index in [9.17, 15) is 19.8 Å². The maximum Gasteiger partial charge on any atom is 0.306 e. The number of carbonyl (C=O) groups excluding carboxylic acids is 1. The number of rotatable bonds is 4. The van der Waals surface area contributed by atoms with Crippen molar-refractivity contribution >= 4 is 17.6 Å². The summed E-state index contributed by atoms with van der Waals surface area (Å²) < 4.78 is 10.1. The molecular formula is C16H15ClO6. The first-order valence-corrected chi connectivity index (χ1v) is 7.10. The molecule has 0 fully saturated rings. The van der Waals surface area contributed by atoms with Crippen LogP contribution in [0.2, 0.25) is 5.02 Å². The molecule has 0 unspecified atom stereocenters. The van der Waals surface area contributed by atoms with Gasteiger partial charge >= 0.3 is 5.97 Å². The first kappa shape index (κ1) is 16.9. The van der Waals surface area contributed by atoms with E-state index in [0.717, 1.165) is 6.07 Å². The molecule has 0 saturated heterocycles. The van der Waals surface area contributed by atoms with E-state index in [1.807, 2.05) is 0 Å². The third-order valence-electron chi connectivity index (χ3n) is 3.36. The number of phenolic OH excluding ortho intramolecular Hbond substituents is 1. The van der Waals surface area contributed by atoms with Gasteiger partial charge in [-0.05, 0) is 24.6 Å². The Morgan fingerprint density at radius 1 is 1.35 bits per heavy atom. The van der Waals surface area contributed by atoms with Gasteiger partial charge in [0.2, 0.25) is 11.2 Å². The standard InChI is InChI=1S/C16H15ClO6/c1-8-5-13(19)15(21)16(23-8)10(7-14(20)22-2)9-3-4-12(18)11(17)6-9/h3-6,10,18,21H,7H2,1-2H3/t10-/m0/s1. The first-order valence-electron chi connectivity index (χ1n) is 6.72. The van der Waals surface area contributed by atoms with Crippen molar-refractivity contribution < 1.29 is 24.2 Å². The van der Waals surface area contributed by atoms with E-state index in [1.165, 1.54) is 25.3 Å². The number of benzene rings is 1. The summed E-state index contributed by atoms with van der Waals surface area (Å²) in [6.45, 7) is 1.56. The zero-order valence-corrected chi connectivity index (χ0v) is 13.3. The van der Waals surface area contributed by atoms with E-state index < -0.39 is 23.1 Å². The minimum Gasteiger partial charge on any atom is -0.506 e. The molecule has 2 rings (SSSR count). The lowest BCUT2D eigenvalue weighted by Crippen LogP contribution is -2.13. The topological polar surface area (TPSA) is 97.0 Å². The van der Waals surface area contributed by atoms with Crippen molar-refractivity contribution in [1.29, 1.82) is 0 Å². The van der Waals surface area contributed by atoms with Crippen LogP contribution in [0, 0.1) is 6.92 Å². The summed E-state index contributed by atoms with van der Waals surface area (Å²) in [5.74, 6) is -1.79. The fraction of sp³-hybridized carbons (Fsp3) is 0.250. The lowest BCUT2D eigenvalue weighted by Gasteiger charge is -2.17. The molecule has 0 radical (unpaired) electrons. The number of hydrogen-bond acceptors (Lipinski definition) is 6. The van der Waals surface area contributed by atoms with Crippen molar-refractivity contribution in [3.8, 4) is 11.5 Å². The molecule has 0 spiro atoms. The quantitative estimate of drug-likeness (QED) is 0.832. The Bertz CT molecular complexity index is 796. The molecule has 6 nitrogen and oxygen atoms in total. The van der Waals surface area contributed by atoms with Gasteiger partial charge in [-0.2, -0.15) is 0 Å². The smallest absolute Gasteiger partial charge is 0.306 e. The summed E-state index contributed by atoms with van der Waals surface area (Å²) in [7, 11) is 1.23. The zero-order valence-electron chi connectivity index (χ0n) is 12.5. The largest absolute Gasteiger partial charge is 0.506 e. The van der Waals surface area contributed by atoms with Gasteiger partial charge in [0.1, 0.15) is 11.5 Å². The molecule has 0 aliphatic rings. The van der Waals surface area contributed by atoms with Gasteiger partial charge in [0, 0.05) is 6.07 Å². The van der Waals surface area contributed by atoms with Crippen LogP contribution in [0.25, 0.3) is 0 Å². The lowest BCUT2D eigenvalue weighted by molar-refractivity contribution is -0.140. The van der Waals surface area contributed by atoms with Crippen LogP contribution in [0.1, 0.15) is 29.4 Å². The average Bonchev–Trinajstić information content (AvgIpc) is 2.51. The summed E-state index contributed by atoms with van der Waals surface area (Å²) in [6, 6.07) is 5.47. The van der Waals surface area contributed by atoms with Gasteiger partial charge in [-0.1, -0.05) is 17.7 Å². The number of aryl methyl sites for hydroxylation is 1. The summed E-state index contributed by atoms with van der Waals surface area (Å²) in [6.07, 6.45) is -0.169. The number of esters is 1. The molecule has 1 heterocycles. The second kappa shape index (κ2) is 6.75. The van der Waals surface area contributed by atoms with Gasteiger partial charge in [-0.15, -0.1) is 0 Å². The van der Waals surface area contributed by atoms with Crippen LogP contribution in [0.4, 0.5) is 0 Å². The number of aromatic hydroxyl groups is 2. The summed E-state index contributed by atoms with van der Waals surface area (Å²) in [4.78, 5) is 23.5. The number of phenols is 1. The van der Waals surface area contributed by atoms with Crippen LogP contribution in [-0.2, 0) is 9.53 Å². The van der Waals surface area contributed by atoms with Crippen molar-refractivity contribution in [1.82, 2.24) is 0 Å². The summed E-state index contributed by atoms with van der Waals surface area (Å²) >= 11 is 5.90. The van der Waals surface area contributed by atoms with Crippen LogP contribution in [-0.4, -0.2) is 23.3 Å². The van der Waals surface area contributed by atoms with Crippen molar-refractivity contribution in [2.45, 2.75) is 19.3 Å². The third-order valence-corrected chi connectivity index (χ3v) is 3.66. The second-order valence-corrected chi connectivity index (χ2v) is 5.39. The Labute approximate surface area is 136 Å². The highest BCUT2D eigenvalue weighted by molar-refractivity contribution is 6.32. The number of halogens is 1. The number of hydrogen-bond donors (Lipinski definition) is 2. The monoisotopic (exact) mass is 338 g/mol. The molecule has 1 aromatic carbocycles. The second-order valence-electron chi connectivity index (χ2n) is 4.98. The van der Waals surface area contributed by atoms with Crippen LogP contribution < -0.4 is 5.43 Å². The van der Waals surface area contributed by atoms with E-state index in [0.29, 0.717) is 11.3 Å². The lowest BCUT2D eigenvalue weighted by atomic mass is 9.92. The van der Waals surface area contributed by atoms with Gasteiger partial charge in [0.15, 0.2) is 5.76 Å². The highest BCUT2D eigenvalue weighted by atomic mass is 35.5. The Morgan fingerprint density at radius 3 is 2.65 bits per heavy atom. The Kier molecular flexibility index (Phi) is 4.95. The van der Waals surface area contributed by atoms with Crippen molar-refractivity contribution in [3.05, 3.63) is 56.6 Å². The maximum atomic E-state index is 11.8. The highest BCUT2D eigenvalue weighted by Crippen LogP contribution is 2.36. The van der Waals surface area contributed by atoms with E-state index in [2.05, 4.69) is 4.74 Å². The van der Waals surface area contributed by atoms with Crippen molar-refractivity contribution in [2.75, 3.05) is 7.11 Å². The van der Waals surface area contributed by atoms with E-state index in [-0.39, 0.29) is 23.0 Å². The molecule has 0 amide bonds. The van der Waals surface area contributed by atoms with E-state index in [1.54, 1.807) is 6.92 Å². The minimum absolute atomic E-state index is 0.0536. The van der Waals surface area contributed by atoms with Crippen molar-refractivity contribution in [3.63, 3.8) is 0 Å². The minimum atomic E-state index is -0.784. The molecule has 0 aliphatic heterocycles. The molecule has 0 saturated carbocycles. The van der Waals surface area contributed by atoms with E-state index in [4.69, 9.17) is 16.0 Å². The van der Waals surface area contributed by atoms with Gasteiger partial charge < -0.3 is 19.4 Å². The molecule has 0 bridgehead atoms. The maximum absolute atomic E-state index is 11.8. The summed E-state index contributed by atoms with van der Waals surface area (Å²) in [5.41, 5.74) is -0.120. The summed E-state index contributed by atoms with van der Waals surface area (Å²) in [5, 5.41) is 19.6. The van der Waals surface area contributed by atoms with Gasteiger partial charge in [-0.25, -0.2) is 0 Å². The fourth-order valence-corrected chi connectivity index (χ4v) is 2.40. The molecule has 2 aromatic rings. The Balaban J connectivity index is 2.61.